The van der Waals surface area contributed by atoms with Crippen molar-refractivity contribution < 1.29 is 14.3 Å². The second kappa shape index (κ2) is 10.2. The molecular formula is C23H24N4O3. The summed E-state index contributed by atoms with van der Waals surface area (Å²) in [5.41, 5.74) is 3.25. The van der Waals surface area contributed by atoms with Gasteiger partial charge in [-0.2, -0.15) is 0 Å². The van der Waals surface area contributed by atoms with Gasteiger partial charge in [0.05, 0.1) is 6.42 Å². The Morgan fingerprint density at radius 3 is 2.47 bits per heavy atom. The molecule has 0 aliphatic heterocycles. The number of carbonyl (C=O) groups excluding carboxylic acids is 2. The number of ether oxygens (including phenoxy) is 1. The fourth-order valence-electron chi connectivity index (χ4n) is 2.83. The number of aryl methyl sites for hydroxylation is 2. The third-order valence-corrected chi connectivity index (χ3v) is 4.42. The fraction of sp³-hybridized carbons (Fsp3) is 0.217. The lowest BCUT2D eigenvalue weighted by atomic mass is 10.1. The number of rotatable bonds is 8. The Hall–Kier alpha value is -3.74. The van der Waals surface area contributed by atoms with Crippen LogP contribution < -0.4 is 10.6 Å². The molecule has 0 radical (unpaired) electrons. The summed E-state index contributed by atoms with van der Waals surface area (Å²) in [7, 11) is 0. The Balaban J connectivity index is 1.67. The number of hydrogen-bond donors (Lipinski definition) is 2. The highest BCUT2D eigenvalue weighted by atomic mass is 16.5. The average molecular weight is 404 g/mol. The van der Waals surface area contributed by atoms with Gasteiger partial charge in [0, 0.05) is 30.2 Å². The maximum Gasteiger partial charge on any atom is 0.308 e. The molecule has 2 N–H and O–H groups in total. The van der Waals surface area contributed by atoms with Crippen molar-refractivity contribution in [2.45, 2.75) is 26.4 Å². The summed E-state index contributed by atoms with van der Waals surface area (Å²) in [5.74, 6) is -0.469. The number of hydrogen-bond acceptors (Lipinski definition) is 6. The van der Waals surface area contributed by atoms with E-state index in [9.17, 15) is 9.59 Å². The number of nitrogens with one attached hydrogen (secondary N) is 2. The fourth-order valence-corrected chi connectivity index (χ4v) is 2.83. The van der Waals surface area contributed by atoms with E-state index in [1.807, 2.05) is 38.1 Å². The van der Waals surface area contributed by atoms with Gasteiger partial charge >= 0.3 is 5.97 Å². The van der Waals surface area contributed by atoms with Gasteiger partial charge in [0.25, 0.3) is 5.91 Å². The molecule has 0 spiro atoms. The smallest absolute Gasteiger partial charge is 0.308 e. The van der Waals surface area contributed by atoms with E-state index in [2.05, 4.69) is 20.6 Å². The number of esters is 1. The predicted octanol–water partition coefficient (Wildman–Crippen LogP) is 3.82. The molecule has 1 atom stereocenters. The molecule has 1 heterocycles. The Bertz CT molecular complexity index is 994. The Morgan fingerprint density at radius 1 is 1.00 bits per heavy atom. The summed E-state index contributed by atoms with van der Waals surface area (Å²) in [6.45, 7) is 4.16. The standard InChI is InChI=1S/C23H24N4O3/c1-16-9-10-17(2)19(15-16)27-22(29)21(18-7-4-3-5-8-18)30-20(28)11-14-26-23-24-12-6-13-25-23/h3-10,12-13,15,21H,11,14H2,1-2H3,(H,27,29)(H,24,25,26). The Labute approximate surface area is 175 Å². The van der Waals surface area contributed by atoms with Crippen LogP contribution in [0.15, 0.2) is 67.0 Å². The van der Waals surface area contributed by atoms with Crippen LogP contribution in [0.2, 0.25) is 0 Å². The van der Waals surface area contributed by atoms with Crippen LogP contribution in [-0.2, 0) is 14.3 Å². The molecule has 154 valence electrons. The Kier molecular flexibility index (Phi) is 7.10. The molecule has 30 heavy (non-hydrogen) atoms. The SMILES string of the molecule is Cc1ccc(C)c(NC(=O)C(OC(=O)CCNc2ncccn2)c2ccccc2)c1. The van der Waals surface area contributed by atoms with E-state index in [0.29, 0.717) is 23.7 Å². The molecular weight excluding hydrogens is 380 g/mol. The van der Waals surface area contributed by atoms with Crippen molar-refractivity contribution in [3.63, 3.8) is 0 Å². The van der Waals surface area contributed by atoms with Crippen molar-refractivity contribution in [3.05, 3.63) is 83.7 Å². The van der Waals surface area contributed by atoms with Crippen molar-refractivity contribution in [2.24, 2.45) is 0 Å². The van der Waals surface area contributed by atoms with Crippen molar-refractivity contribution in [3.8, 4) is 0 Å². The van der Waals surface area contributed by atoms with Gasteiger partial charge in [-0.05, 0) is 37.1 Å². The van der Waals surface area contributed by atoms with Gasteiger partial charge < -0.3 is 15.4 Å². The molecule has 7 heteroatoms. The summed E-state index contributed by atoms with van der Waals surface area (Å²) in [5, 5.41) is 5.83. The van der Waals surface area contributed by atoms with E-state index < -0.39 is 18.0 Å². The molecule has 1 aromatic heterocycles. The molecule has 0 aliphatic carbocycles. The number of aromatic nitrogens is 2. The van der Waals surface area contributed by atoms with Crippen LogP contribution in [0.1, 0.15) is 29.2 Å². The maximum absolute atomic E-state index is 13.0. The summed E-state index contributed by atoms with van der Waals surface area (Å²) in [4.78, 5) is 33.5. The lowest BCUT2D eigenvalue weighted by Crippen LogP contribution is -2.27. The van der Waals surface area contributed by atoms with E-state index in [1.165, 1.54) is 0 Å². The first-order chi connectivity index (χ1) is 14.5. The zero-order valence-electron chi connectivity index (χ0n) is 17.0. The molecule has 1 unspecified atom stereocenters. The van der Waals surface area contributed by atoms with Crippen LogP contribution in [0.4, 0.5) is 11.6 Å². The first-order valence-corrected chi connectivity index (χ1v) is 9.66. The minimum atomic E-state index is -1.05. The highest BCUT2D eigenvalue weighted by Crippen LogP contribution is 2.23. The molecule has 0 bridgehead atoms. The number of benzene rings is 2. The van der Waals surface area contributed by atoms with Gasteiger partial charge in [-0.15, -0.1) is 0 Å². The van der Waals surface area contributed by atoms with Gasteiger partial charge in [0.15, 0.2) is 0 Å². The van der Waals surface area contributed by atoms with Crippen LogP contribution in [0.5, 0.6) is 0 Å². The number of carbonyl (C=O) groups is 2. The molecule has 0 saturated heterocycles. The van der Waals surface area contributed by atoms with Crippen LogP contribution in [0.25, 0.3) is 0 Å². The zero-order chi connectivity index (χ0) is 21.3. The van der Waals surface area contributed by atoms with Gasteiger partial charge in [0.2, 0.25) is 12.1 Å². The molecule has 3 rings (SSSR count). The van der Waals surface area contributed by atoms with Gasteiger partial charge in [-0.1, -0.05) is 42.5 Å². The molecule has 1 amide bonds. The van der Waals surface area contributed by atoms with E-state index >= 15 is 0 Å². The minimum absolute atomic E-state index is 0.0678. The molecule has 7 nitrogen and oxygen atoms in total. The second-order valence-electron chi connectivity index (χ2n) is 6.84. The highest BCUT2D eigenvalue weighted by molar-refractivity contribution is 5.96. The van der Waals surface area contributed by atoms with Gasteiger partial charge in [-0.3, -0.25) is 9.59 Å². The second-order valence-corrected chi connectivity index (χ2v) is 6.84. The van der Waals surface area contributed by atoms with E-state index in [1.54, 1.807) is 42.7 Å². The van der Waals surface area contributed by atoms with E-state index in [0.717, 1.165) is 11.1 Å². The molecule has 0 saturated carbocycles. The van der Waals surface area contributed by atoms with Crippen LogP contribution in [-0.4, -0.2) is 28.4 Å². The molecule has 0 aliphatic rings. The summed E-state index contributed by atoms with van der Waals surface area (Å²) >= 11 is 0. The monoisotopic (exact) mass is 404 g/mol. The zero-order valence-corrected chi connectivity index (χ0v) is 17.0. The normalized spacial score (nSPS) is 11.4. The highest BCUT2D eigenvalue weighted by Gasteiger charge is 2.25. The quantitative estimate of drug-likeness (QED) is 0.555. The molecule has 0 fully saturated rings. The lowest BCUT2D eigenvalue weighted by molar-refractivity contribution is -0.154. The lowest BCUT2D eigenvalue weighted by Gasteiger charge is -2.19. The topological polar surface area (TPSA) is 93.2 Å². The maximum atomic E-state index is 13.0. The number of nitrogens with zero attached hydrogens (tertiary/aromatic N) is 2. The predicted molar refractivity (Wildman–Crippen MR) is 115 cm³/mol. The van der Waals surface area contributed by atoms with Crippen LogP contribution in [0, 0.1) is 13.8 Å². The van der Waals surface area contributed by atoms with Gasteiger partial charge in [-0.25, -0.2) is 9.97 Å². The Morgan fingerprint density at radius 2 is 1.73 bits per heavy atom. The number of amides is 1. The van der Waals surface area contributed by atoms with Crippen LogP contribution in [0.3, 0.4) is 0 Å². The van der Waals surface area contributed by atoms with Crippen molar-refractivity contribution in [1.82, 2.24) is 9.97 Å². The summed E-state index contributed by atoms with van der Waals surface area (Å²) in [6.07, 6.45) is 2.23. The average Bonchev–Trinajstić information content (AvgIpc) is 2.76. The van der Waals surface area contributed by atoms with E-state index in [4.69, 9.17) is 4.74 Å². The molecule has 2 aromatic carbocycles. The van der Waals surface area contributed by atoms with Crippen molar-refractivity contribution >= 4 is 23.5 Å². The third-order valence-electron chi connectivity index (χ3n) is 4.42. The van der Waals surface area contributed by atoms with Gasteiger partial charge in [0.1, 0.15) is 0 Å². The third kappa shape index (κ3) is 5.88. The first-order valence-electron chi connectivity index (χ1n) is 9.66. The minimum Gasteiger partial charge on any atom is -0.447 e. The van der Waals surface area contributed by atoms with E-state index in [-0.39, 0.29) is 6.42 Å². The largest absolute Gasteiger partial charge is 0.447 e. The first kappa shape index (κ1) is 21.0. The van der Waals surface area contributed by atoms with Crippen molar-refractivity contribution in [2.75, 3.05) is 17.2 Å². The summed E-state index contributed by atoms with van der Waals surface area (Å²) < 4.78 is 5.55. The number of anilines is 2. The molecule has 3 aromatic rings. The summed E-state index contributed by atoms with van der Waals surface area (Å²) in [6, 6.07) is 16.5. The van der Waals surface area contributed by atoms with Crippen LogP contribution >= 0.6 is 0 Å². The van der Waals surface area contributed by atoms with Crippen molar-refractivity contribution in [1.29, 1.82) is 0 Å².